The molecule has 1 aromatic rings. The lowest BCUT2D eigenvalue weighted by molar-refractivity contribution is -0.118. The van der Waals surface area contributed by atoms with Gasteiger partial charge in [-0.25, -0.2) is 0 Å². The number of ether oxygens (including phenoxy) is 1. The minimum absolute atomic E-state index is 0.0142. The van der Waals surface area contributed by atoms with Gasteiger partial charge in [0.25, 0.3) is 0 Å². The van der Waals surface area contributed by atoms with E-state index in [-0.39, 0.29) is 5.91 Å². The first-order valence-electron chi connectivity index (χ1n) is 7.60. The molecule has 3 aliphatic heterocycles. The fourth-order valence-electron chi connectivity index (χ4n) is 3.33. The summed E-state index contributed by atoms with van der Waals surface area (Å²) < 4.78 is 5.28. The second-order valence-corrected chi connectivity index (χ2v) is 5.83. The molecule has 4 nitrogen and oxygen atoms in total. The van der Waals surface area contributed by atoms with Gasteiger partial charge in [0, 0.05) is 24.2 Å². The van der Waals surface area contributed by atoms with Gasteiger partial charge in [0.2, 0.25) is 5.91 Å². The molecule has 3 aliphatic rings. The number of hydrogen-bond acceptors (Lipinski definition) is 3. The van der Waals surface area contributed by atoms with Crippen LogP contribution in [-0.2, 0) is 4.79 Å². The molecule has 21 heavy (non-hydrogen) atoms. The van der Waals surface area contributed by atoms with Gasteiger partial charge < -0.3 is 15.0 Å². The maximum Gasteiger partial charge on any atom is 0.244 e. The summed E-state index contributed by atoms with van der Waals surface area (Å²) in [4.78, 5) is 14.5. The third-order valence-corrected chi connectivity index (χ3v) is 4.54. The van der Waals surface area contributed by atoms with Gasteiger partial charge in [-0.1, -0.05) is 18.2 Å². The number of hydrogen-bond donors (Lipinski definition) is 1. The van der Waals surface area contributed by atoms with Crippen LogP contribution in [0.2, 0.25) is 0 Å². The van der Waals surface area contributed by atoms with Crippen LogP contribution in [0.25, 0.3) is 6.08 Å². The molecule has 0 radical (unpaired) electrons. The first kappa shape index (κ1) is 14.1. The van der Waals surface area contributed by atoms with Crippen LogP contribution in [0.1, 0.15) is 18.4 Å². The number of piperidine rings is 3. The van der Waals surface area contributed by atoms with Crippen LogP contribution in [0.3, 0.4) is 0 Å². The van der Waals surface area contributed by atoms with Gasteiger partial charge in [-0.2, -0.15) is 0 Å². The van der Waals surface area contributed by atoms with Gasteiger partial charge in [0.05, 0.1) is 7.11 Å². The summed E-state index contributed by atoms with van der Waals surface area (Å²) in [5.74, 6) is 1.42. The molecule has 3 saturated heterocycles. The minimum Gasteiger partial charge on any atom is -0.496 e. The predicted octanol–water partition coefficient (Wildman–Crippen LogP) is 1.92. The van der Waals surface area contributed by atoms with Crippen molar-refractivity contribution in [2.24, 2.45) is 5.92 Å². The molecule has 3 fully saturated rings. The number of carbonyl (C=O) groups is 1. The first-order chi connectivity index (χ1) is 10.3. The van der Waals surface area contributed by atoms with Gasteiger partial charge in [0.1, 0.15) is 5.75 Å². The first-order valence-corrected chi connectivity index (χ1v) is 7.60. The Hall–Kier alpha value is -1.81. The lowest BCUT2D eigenvalue weighted by Crippen LogP contribution is -2.57. The summed E-state index contributed by atoms with van der Waals surface area (Å²) in [5, 5.41) is 3.15. The van der Waals surface area contributed by atoms with E-state index in [0.717, 1.165) is 17.9 Å². The fraction of sp³-hybridized carbons (Fsp3) is 0.471. The Morgan fingerprint density at radius 2 is 2.10 bits per heavy atom. The lowest BCUT2D eigenvalue weighted by atomic mass is 9.84. The van der Waals surface area contributed by atoms with Crippen LogP contribution >= 0.6 is 0 Å². The normalized spacial score (nSPS) is 27.8. The van der Waals surface area contributed by atoms with E-state index in [1.807, 2.05) is 30.3 Å². The molecular weight excluding hydrogens is 264 g/mol. The highest BCUT2D eigenvalue weighted by Crippen LogP contribution is 2.27. The largest absolute Gasteiger partial charge is 0.496 e. The van der Waals surface area contributed by atoms with Crippen molar-refractivity contribution in [3.8, 4) is 5.75 Å². The Morgan fingerprint density at radius 3 is 2.76 bits per heavy atom. The minimum atomic E-state index is -0.0142. The average Bonchev–Trinajstić information content (AvgIpc) is 2.54. The third kappa shape index (κ3) is 3.27. The maximum atomic E-state index is 12.1. The fourth-order valence-corrected chi connectivity index (χ4v) is 3.33. The van der Waals surface area contributed by atoms with E-state index in [1.54, 1.807) is 13.2 Å². The Morgan fingerprint density at radius 1 is 1.33 bits per heavy atom. The smallest absolute Gasteiger partial charge is 0.244 e. The van der Waals surface area contributed by atoms with Crippen molar-refractivity contribution in [3.05, 3.63) is 35.9 Å². The van der Waals surface area contributed by atoms with Gasteiger partial charge in [-0.3, -0.25) is 4.79 Å². The van der Waals surface area contributed by atoms with Crippen molar-refractivity contribution >= 4 is 12.0 Å². The van der Waals surface area contributed by atoms with Crippen molar-refractivity contribution in [2.45, 2.75) is 18.9 Å². The number of para-hydroxylation sites is 1. The number of methoxy groups -OCH3 is 1. The second kappa shape index (κ2) is 6.31. The van der Waals surface area contributed by atoms with Crippen LogP contribution < -0.4 is 10.1 Å². The van der Waals surface area contributed by atoms with Crippen molar-refractivity contribution in [1.82, 2.24) is 10.2 Å². The number of nitrogens with zero attached hydrogens (tertiary/aromatic N) is 1. The molecule has 1 atom stereocenters. The SMILES string of the molecule is COc1ccccc1C=CC(=O)N[C@H]1CN2CCC1CC2. The molecule has 4 rings (SSSR count). The molecule has 1 N–H and O–H groups in total. The van der Waals surface area contributed by atoms with E-state index in [9.17, 15) is 4.79 Å². The average molecular weight is 286 g/mol. The van der Waals surface area contributed by atoms with Crippen LogP contribution in [0.4, 0.5) is 0 Å². The topological polar surface area (TPSA) is 41.6 Å². The molecule has 0 aliphatic carbocycles. The van der Waals surface area contributed by atoms with Crippen molar-refractivity contribution in [3.63, 3.8) is 0 Å². The molecule has 0 unspecified atom stereocenters. The molecule has 2 bridgehead atoms. The number of amides is 1. The lowest BCUT2D eigenvalue weighted by Gasteiger charge is -2.44. The number of benzene rings is 1. The van der Waals surface area contributed by atoms with Crippen molar-refractivity contribution < 1.29 is 9.53 Å². The Balaban J connectivity index is 1.60. The molecule has 1 aromatic carbocycles. The zero-order chi connectivity index (χ0) is 14.7. The monoisotopic (exact) mass is 286 g/mol. The molecule has 0 saturated carbocycles. The zero-order valence-corrected chi connectivity index (χ0v) is 12.4. The van der Waals surface area contributed by atoms with E-state index in [4.69, 9.17) is 4.74 Å². The predicted molar refractivity (Wildman–Crippen MR) is 83.1 cm³/mol. The number of nitrogens with one attached hydrogen (secondary N) is 1. The third-order valence-electron chi connectivity index (χ3n) is 4.54. The summed E-state index contributed by atoms with van der Waals surface area (Å²) in [7, 11) is 1.64. The van der Waals surface area contributed by atoms with E-state index >= 15 is 0 Å². The van der Waals surface area contributed by atoms with Crippen LogP contribution in [0.5, 0.6) is 5.75 Å². The highest BCUT2D eigenvalue weighted by molar-refractivity contribution is 5.92. The van der Waals surface area contributed by atoms with E-state index < -0.39 is 0 Å². The van der Waals surface area contributed by atoms with E-state index in [2.05, 4.69) is 10.2 Å². The number of fused-ring (bicyclic) bond motifs is 3. The Bertz CT molecular complexity index is 533. The highest BCUT2D eigenvalue weighted by atomic mass is 16.5. The van der Waals surface area contributed by atoms with E-state index in [0.29, 0.717) is 12.0 Å². The van der Waals surface area contributed by atoms with Gasteiger partial charge in [-0.05, 0) is 44.0 Å². The molecule has 112 valence electrons. The highest BCUT2D eigenvalue weighted by Gasteiger charge is 2.34. The van der Waals surface area contributed by atoms with Crippen LogP contribution in [0, 0.1) is 5.92 Å². The van der Waals surface area contributed by atoms with E-state index in [1.165, 1.54) is 25.9 Å². The standard InChI is InChI=1S/C17H22N2O2/c1-21-16-5-3-2-4-14(16)6-7-17(20)18-15-12-19-10-8-13(15)9-11-19/h2-7,13,15H,8-12H2,1H3,(H,18,20)/t15-/m0/s1. The van der Waals surface area contributed by atoms with Crippen LogP contribution in [0.15, 0.2) is 30.3 Å². The molecule has 0 spiro atoms. The Kier molecular flexibility index (Phi) is 4.25. The number of rotatable bonds is 4. The summed E-state index contributed by atoms with van der Waals surface area (Å²) in [5.41, 5.74) is 0.920. The Labute approximate surface area is 125 Å². The summed E-state index contributed by atoms with van der Waals surface area (Å²) in [6.07, 6.45) is 5.84. The maximum absolute atomic E-state index is 12.1. The van der Waals surface area contributed by atoms with Crippen molar-refractivity contribution in [1.29, 1.82) is 0 Å². The molecule has 3 heterocycles. The molecular formula is C17H22N2O2. The van der Waals surface area contributed by atoms with Gasteiger partial charge >= 0.3 is 0 Å². The summed E-state index contributed by atoms with van der Waals surface area (Å²) >= 11 is 0. The number of carbonyl (C=O) groups excluding carboxylic acids is 1. The zero-order valence-electron chi connectivity index (χ0n) is 12.4. The van der Waals surface area contributed by atoms with Gasteiger partial charge in [0.15, 0.2) is 0 Å². The summed E-state index contributed by atoms with van der Waals surface area (Å²) in [6.45, 7) is 3.38. The summed E-state index contributed by atoms with van der Waals surface area (Å²) in [6, 6.07) is 8.00. The second-order valence-electron chi connectivity index (χ2n) is 5.83. The molecule has 1 amide bonds. The van der Waals surface area contributed by atoms with Crippen molar-refractivity contribution in [2.75, 3.05) is 26.7 Å². The van der Waals surface area contributed by atoms with Gasteiger partial charge in [-0.15, -0.1) is 0 Å². The van der Waals surface area contributed by atoms with Crippen LogP contribution in [-0.4, -0.2) is 43.6 Å². The molecule has 4 heteroatoms. The quantitative estimate of drug-likeness (QED) is 0.860. The molecule has 0 aromatic heterocycles.